The summed E-state index contributed by atoms with van der Waals surface area (Å²) in [4.78, 5) is 0. The monoisotopic (exact) mass is 217 g/mol. The van der Waals surface area contributed by atoms with Crippen molar-refractivity contribution in [3.8, 4) is 11.3 Å². The molecule has 2 aromatic rings. The van der Waals surface area contributed by atoms with Crippen LogP contribution in [0.5, 0.6) is 0 Å². The summed E-state index contributed by atoms with van der Waals surface area (Å²) in [6.07, 6.45) is 0. The molecule has 4 heteroatoms. The lowest BCUT2D eigenvalue weighted by atomic mass is 10.1. The van der Waals surface area contributed by atoms with Gasteiger partial charge in [-0.3, -0.25) is 0 Å². The molecule has 1 aromatic carbocycles. The Balaban J connectivity index is 2.37. The van der Waals surface area contributed by atoms with Gasteiger partial charge >= 0.3 is 0 Å². The lowest BCUT2D eigenvalue weighted by Gasteiger charge is -2.00. The van der Waals surface area contributed by atoms with E-state index >= 15 is 0 Å². The van der Waals surface area contributed by atoms with Gasteiger partial charge in [-0.05, 0) is 13.0 Å². The Kier molecular flexibility index (Phi) is 2.92. The number of nitrogens with zero attached hydrogens (tertiary/aromatic N) is 2. The number of benzene rings is 1. The normalized spacial score (nSPS) is 10.6. The first-order valence-electron chi connectivity index (χ1n) is 5.22. The zero-order valence-electron chi connectivity index (χ0n) is 9.22. The number of nitrogens with two attached hydrogens (primary N) is 1. The zero-order chi connectivity index (χ0) is 11.5. The van der Waals surface area contributed by atoms with Crippen LogP contribution in [0.1, 0.15) is 5.56 Å². The van der Waals surface area contributed by atoms with Crippen molar-refractivity contribution in [2.24, 2.45) is 0 Å². The van der Waals surface area contributed by atoms with E-state index in [4.69, 9.17) is 10.8 Å². The van der Waals surface area contributed by atoms with Crippen LogP contribution in [0.3, 0.4) is 0 Å². The second-order valence-electron chi connectivity index (χ2n) is 3.77. The van der Waals surface area contributed by atoms with Gasteiger partial charge in [0.25, 0.3) is 0 Å². The molecule has 1 heterocycles. The number of hydrogen-bond acceptors (Lipinski definition) is 3. The van der Waals surface area contributed by atoms with Crippen LogP contribution in [0.4, 0.5) is 5.82 Å². The van der Waals surface area contributed by atoms with E-state index < -0.39 is 0 Å². The number of nitrogen functional groups attached to an aromatic ring is 1. The Bertz CT molecular complexity index is 491. The first-order chi connectivity index (χ1) is 7.70. The highest BCUT2D eigenvalue weighted by Crippen LogP contribution is 2.21. The topological polar surface area (TPSA) is 64.1 Å². The van der Waals surface area contributed by atoms with Gasteiger partial charge in [-0.2, -0.15) is 5.10 Å². The Hall–Kier alpha value is -1.81. The number of aliphatic hydroxyl groups excluding tert-OH is 1. The summed E-state index contributed by atoms with van der Waals surface area (Å²) >= 11 is 0. The van der Waals surface area contributed by atoms with Gasteiger partial charge in [-0.15, -0.1) is 0 Å². The number of aliphatic hydroxyl groups is 1. The van der Waals surface area contributed by atoms with Gasteiger partial charge in [0.2, 0.25) is 0 Å². The Morgan fingerprint density at radius 2 is 2.19 bits per heavy atom. The number of hydrogen-bond donors (Lipinski definition) is 2. The fraction of sp³-hybridized carbons (Fsp3) is 0.250. The second kappa shape index (κ2) is 4.37. The van der Waals surface area contributed by atoms with Crippen molar-refractivity contribution in [3.63, 3.8) is 0 Å². The molecule has 0 atom stereocenters. The largest absolute Gasteiger partial charge is 0.394 e. The first-order valence-corrected chi connectivity index (χ1v) is 5.22. The molecule has 0 radical (unpaired) electrons. The molecule has 1 aromatic heterocycles. The highest BCUT2D eigenvalue weighted by molar-refractivity contribution is 5.62. The molecule has 0 saturated heterocycles. The second-order valence-corrected chi connectivity index (χ2v) is 3.77. The van der Waals surface area contributed by atoms with Crippen LogP contribution in [0.2, 0.25) is 0 Å². The van der Waals surface area contributed by atoms with Crippen LogP contribution in [0.25, 0.3) is 11.3 Å². The van der Waals surface area contributed by atoms with Crippen LogP contribution >= 0.6 is 0 Å². The SMILES string of the molecule is Cc1cccc(-c2cc(N)n(CCO)n2)c1. The third-order valence-corrected chi connectivity index (χ3v) is 2.44. The minimum absolute atomic E-state index is 0.0408. The number of aromatic nitrogens is 2. The Labute approximate surface area is 94.3 Å². The fourth-order valence-electron chi connectivity index (χ4n) is 1.65. The molecule has 0 amide bonds. The first kappa shape index (κ1) is 10.7. The number of anilines is 1. The molecule has 0 spiro atoms. The minimum atomic E-state index is 0.0408. The lowest BCUT2D eigenvalue weighted by molar-refractivity contribution is 0.270. The zero-order valence-corrected chi connectivity index (χ0v) is 9.22. The molecule has 0 fully saturated rings. The standard InChI is InChI=1S/C12H15N3O/c1-9-3-2-4-10(7-9)11-8-12(13)15(14-11)5-6-16/h2-4,7-8,16H,5-6,13H2,1H3. The molecule has 4 nitrogen and oxygen atoms in total. The summed E-state index contributed by atoms with van der Waals surface area (Å²) in [5.41, 5.74) is 8.87. The van der Waals surface area contributed by atoms with Crippen molar-refractivity contribution < 1.29 is 5.11 Å². The molecule has 0 aliphatic rings. The summed E-state index contributed by atoms with van der Waals surface area (Å²) in [6, 6.07) is 9.91. The molecule has 0 saturated carbocycles. The summed E-state index contributed by atoms with van der Waals surface area (Å²) in [7, 11) is 0. The molecule has 0 unspecified atom stereocenters. The van der Waals surface area contributed by atoms with E-state index in [2.05, 4.69) is 11.2 Å². The van der Waals surface area contributed by atoms with Crippen molar-refractivity contribution in [3.05, 3.63) is 35.9 Å². The molecule has 3 N–H and O–H groups in total. The van der Waals surface area contributed by atoms with Crippen molar-refractivity contribution >= 4 is 5.82 Å². The third kappa shape index (κ3) is 2.06. The maximum absolute atomic E-state index is 8.85. The van der Waals surface area contributed by atoms with E-state index in [1.54, 1.807) is 4.68 Å². The number of rotatable bonds is 3. The van der Waals surface area contributed by atoms with Crippen LogP contribution in [-0.4, -0.2) is 21.5 Å². The Morgan fingerprint density at radius 3 is 2.88 bits per heavy atom. The predicted octanol–water partition coefficient (Wildman–Crippen LogP) is 1.43. The predicted molar refractivity (Wildman–Crippen MR) is 63.9 cm³/mol. The van der Waals surface area contributed by atoms with E-state index in [-0.39, 0.29) is 6.61 Å². The molecule has 0 aliphatic carbocycles. The average Bonchev–Trinajstić information content (AvgIpc) is 2.61. The van der Waals surface area contributed by atoms with Crippen LogP contribution < -0.4 is 5.73 Å². The van der Waals surface area contributed by atoms with Crippen molar-refractivity contribution in [2.45, 2.75) is 13.5 Å². The summed E-state index contributed by atoms with van der Waals surface area (Å²) in [5.74, 6) is 0.575. The molecule has 0 bridgehead atoms. The lowest BCUT2D eigenvalue weighted by Crippen LogP contribution is -2.07. The quantitative estimate of drug-likeness (QED) is 0.817. The van der Waals surface area contributed by atoms with E-state index in [1.807, 2.05) is 31.2 Å². The molecular formula is C12H15N3O. The van der Waals surface area contributed by atoms with Crippen LogP contribution in [0, 0.1) is 6.92 Å². The summed E-state index contributed by atoms with van der Waals surface area (Å²) in [6.45, 7) is 2.51. The van der Waals surface area contributed by atoms with Crippen molar-refractivity contribution in [1.29, 1.82) is 0 Å². The van der Waals surface area contributed by atoms with E-state index in [1.165, 1.54) is 5.56 Å². The molecular weight excluding hydrogens is 202 g/mol. The molecule has 16 heavy (non-hydrogen) atoms. The summed E-state index contributed by atoms with van der Waals surface area (Å²) in [5, 5.41) is 13.2. The summed E-state index contributed by atoms with van der Waals surface area (Å²) < 4.78 is 1.61. The van der Waals surface area contributed by atoms with Crippen molar-refractivity contribution in [2.75, 3.05) is 12.3 Å². The number of aryl methyl sites for hydroxylation is 1. The van der Waals surface area contributed by atoms with E-state index in [0.29, 0.717) is 12.4 Å². The Morgan fingerprint density at radius 1 is 1.38 bits per heavy atom. The van der Waals surface area contributed by atoms with Gasteiger partial charge in [0.1, 0.15) is 5.82 Å². The fourth-order valence-corrected chi connectivity index (χ4v) is 1.65. The highest BCUT2D eigenvalue weighted by Gasteiger charge is 2.06. The third-order valence-electron chi connectivity index (χ3n) is 2.44. The van der Waals surface area contributed by atoms with Gasteiger partial charge in [-0.1, -0.05) is 23.8 Å². The van der Waals surface area contributed by atoms with Crippen LogP contribution in [-0.2, 0) is 6.54 Å². The minimum Gasteiger partial charge on any atom is -0.394 e. The van der Waals surface area contributed by atoms with Gasteiger partial charge in [0.15, 0.2) is 0 Å². The molecule has 84 valence electrons. The van der Waals surface area contributed by atoms with Gasteiger partial charge in [0, 0.05) is 11.6 Å². The van der Waals surface area contributed by atoms with Gasteiger partial charge in [-0.25, -0.2) is 4.68 Å². The van der Waals surface area contributed by atoms with Gasteiger partial charge < -0.3 is 10.8 Å². The molecule has 0 aliphatic heterocycles. The maximum Gasteiger partial charge on any atom is 0.122 e. The average molecular weight is 217 g/mol. The maximum atomic E-state index is 8.85. The molecule has 2 rings (SSSR count). The van der Waals surface area contributed by atoms with E-state index in [9.17, 15) is 0 Å². The smallest absolute Gasteiger partial charge is 0.122 e. The van der Waals surface area contributed by atoms with Crippen molar-refractivity contribution in [1.82, 2.24) is 9.78 Å². The van der Waals surface area contributed by atoms with Gasteiger partial charge in [0.05, 0.1) is 18.8 Å². The van der Waals surface area contributed by atoms with Crippen LogP contribution in [0.15, 0.2) is 30.3 Å². The van der Waals surface area contributed by atoms with E-state index in [0.717, 1.165) is 11.3 Å². The highest BCUT2D eigenvalue weighted by atomic mass is 16.3.